The largest absolute Gasteiger partial charge is 0.481 e. The molecule has 1 aromatic carbocycles. The third-order valence-electron chi connectivity index (χ3n) is 3.92. The number of nitrogens with one attached hydrogen (secondary N) is 1. The lowest BCUT2D eigenvalue weighted by Crippen LogP contribution is -2.56. The molecule has 0 fully saturated rings. The van der Waals surface area contributed by atoms with Gasteiger partial charge in [-0.2, -0.15) is 0 Å². The van der Waals surface area contributed by atoms with Gasteiger partial charge in [-0.25, -0.2) is 0 Å². The highest BCUT2D eigenvalue weighted by atomic mass is 16.4. The summed E-state index contributed by atoms with van der Waals surface area (Å²) in [5.74, 6) is -1.31. The van der Waals surface area contributed by atoms with E-state index in [1.807, 2.05) is 0 Å². The van der Waals surface area contributed by atoms with Gasteiger partial charge in [-0.15, -0.1) is 0 Å². The smallest absolute Gasteiger partial charge is 0.311 e. The van der Waals surface area contributed by atoms with Crippen molar-refractivity contribution in [2.75, 3.05) is 0 Å². The van der Waals surface area contributed by atoms with Gasteiger partial charge in [0.2, 0.25) is 0 Å². The molecule has 0 aliphatic rings. The van der Waals surface area contributed by atoms with Crippen molar-refractivity contribution in [1.82, 2.24) is 5.32 Å². The van der Waals surface area contributed by atoms with E-state index in [0.29, 0.717) is 11.1 Å². The Labute approximate surface area is 118 Å². The quantitative estimate of drug-likeness (QED) is 0.767. The summed E-state index contributed by atoms with van der Waals surface area (Å²) in [6, 6.07) is 6.52. The second kappa shape index (κ2) is 5.63. The third kappa shape index (κ3) is 3.17. The summed E-state index contributed by atoms with van der Waals surface area (Å²) in [7, 11) is 0. The van der Waals surface area contributed by atoms with Crippen LogP contribution in [0.2, 0.25) is 0 Å². The Kier molecular flexibility index (Phi) is 4.55. The van der Waals surface area contributed by atoms with Crippen molar-refractivity contribution in [1.29, 1.82) is 0 Å². The zero-order valence-electron chi connectivity index (χ0n) is 12.2. The number of amides is 1. The Balaban J connectivity index is 2.91. The monoisotopic (exact) mass is 279 g/mol. The fraction of sp³-hybridized carbons (Fsp3) is 0.467. The minimum Gasteiger partial charge on any atom is -0.481 e. The third-order valence-corrected chi connectivity index (χ3v) is 3.92. The molecule has 3 N–H and O–H groups in total. The van der Waals surface area contributed by atoms with Gasteiger partial charge in [-0.3, -0.25) is 9.59 Å². The first kappa shape index (κ1) is 16.2. The Morgan fingerprint density at radius 1 is 1.10 bits per heavy atom. The summed E-state index contributed by atoms with van der Waals surface area (Å²) in [6.45, 7) is 6.43. The second-order valence-corrected chi connectivity index (χ2v) is 5.86. The van der Waals surface area contributed by atoms with E-state index in [9.17, 15) is 14.7 Å². The van der Waals surface area contributed by atoms with Crippen LogP contribution in [0.3, 0.4) is 0 Å². The number of carbonyl (C=O) groups is 2. The van der Waals surface area contributed by atoms with E-state index in [1.54, 1.807) is 52.0 Å². The molecule has 0 spiro atoms. The molecule has 0 atom stereocenters. The van der Waals surface area contributed by atoms with Crippen LogP contribution in [0.25, 0.3) is 0 Å². The minimum atomic E-state index is -1.10. The Morgan fingerprint density at radius 2 is 1.60 bits per heavy atom. The topological polar surface area (TPSA) is 86.6 Å². The van der Waals surface area contributed by atoms with Crippen LogP contribution in [0.1, 0.15) is 43.6 Å². The number of carbonyl (C=O) groups excluding carboxylic acids is 1. The first-order valence-corrected chi connectivity index (χ1v) is 6.37. The molecule has 20 heavy (non-hydrogen) atoms. The average molecular weight is 279 g/mol. The highest BCUT2D eigenvalue weighted by Crippen LogP contribution is 2.31. The predicted octanol–water partition coefficient (Wildman–Crippen LogP) is 1.80. The molecule has 0 aliphatic heterocycles. The van der Waals surface area contributed by atoms with Crippen molar-refractivity contribution in [2.45, 2.75) is 39.8 Å². The van der Waals surface area contributed by atoms with Crippen molar-refractivity contribution < 1.29 is 19.8 Å². The van der Waals surface area contributed by atoms with E-state index >= 15 is 0 Å². The van der Waals surface area contributed by atoms with E-state index in [4.69, 9.17) is 5.11 Å². The molecule has 0 bridgehead atoms. The average Bonchev–Trinajstić information content (AvgIpc) is 2.37. The number of aliphatic hydroxyl groups is 1. The normalized spacial score (nSPS) is 12.1. The van der Waals surface area contributed by atoms with Crippen LogP contribution >= 0.6 is 0 Å². The summed E-state index contributed by atoms with van der Waals surface area (Å²) in [4.78, 5) is 23.5. The molecule has 1 amide bonds. The summed E-state index contributed by atoms with van der Waals surface area (Å²) in [5, 5.41) is 21.0. The molecule has 1 aromatic rings. The Bertz CT molecular complexity index is 503. The van der Waals surface area contributed by atoms with Gasteiger partial charge in [0.25, 0.3) is 5.91 Å². The van der Waals surface area contributed by atoms with Gasteiger partial charge in [-0.05, 0) is 45.4 Å². The minimum absolute atomic E-state index is 0.0839. The molecule has 110 valence electrons. The maximum atomic E-state index is 12.2. The predicted molar refractivity (Wildman–Crippen MR) is 75.3 cm³/mol. The number of aliphatic hydroxyl groups excluding tert-OH is 1. The van der Waals surface area contributed by atoms with Crippen LogP contribution < -0.4 is 5.32 Å². The molecule has 0 heterocycles. The van der Waals surface area contributed by atoms with Crippen molar-refractivity contribution in [3.63, 3.8) is 0 Å². The summed E-state index contributed by atoms with van der Waals surface area (Å²) in [5.41, 5.74) is -0.873. The molecule has 0 radical (unpaired) electrons. The molecule has 0 saturated heterocycles. The maximum Gasteiger partial charge on any atom is 0.311 e. The standard InChI is InChI=1S/C15H21NO4/c1-14(2,13(19)20)15(3,4)16-12(18)11-7-5-10(9-17)6-8-11/h5-8,17H,9H2,1-4H3,(H,16,18)(H,19,20). The van der Waals surface area contributed by atoms with Gasteiger partial charge in [-0.1, -0.05) is 12.1 Å². The highest BCUT2D eigenvalue weighted by Gasteiger charge is 2.44. The molecule has 0 aromatic heterocycles. The van der Waals surface area contributed by atoms with Gasteiger partial charge < -0.3 is 15.5 Å². The van der Waals surface area contributed by atoms with E-state index in [2.05, 4.69) is 5.32 Å². The molecule has 5 nitrogen and oxygen atoms in total. The number of hydrogen-bond donors (Lipinski definition) is 3. The van der Waals surface area contributed by atoms with Crippen LogP contribution in [-0.2, 0) is 11.4 Å². The van der Waals surface area contributed by atoms with Crippen LogP contribution in [0.15, 0.2) is 24.3 Å². The lowest BCUT2D eigenvalue weighted by molar-refractivity contribution is -0.150. The fourth-order valence-corrected chi connectivity index (χ4v) is 1.54. The molecule has 5 heteroatoms. The Hall–Kier alpha value is -1.88. The second-order valence-electron chi connectivity index (χ2n) is 5.86. The zero-order valence-corrected chi connectivity index (χ0v) is 12.2. The van der Waals surface area contributed by atoms with Crippen molar-refractivity contribution in [3.8, 4) is 0 Å². The van der Waals surface area contributed by atoms with Gasteiger partial charge in [0.05, 0.1) is 17.6 Å². The van der Waals surface area contributed by atoms with Crippen molar-refractivity contribution in [3.05, 3.63) is 35.4 Å². The first-order valence-electron chi connectivity index (χ1n) is 6.37. The van der Waals surface area contributed by atoms with Gasteiger partial charge in [0.15, 0.2) is 0 Å². The molecule has 0 saturated carbocycles. The first-order chi connectivity index (χ1) is 9.11. The van der Waals surface area contributed by atoms with E-state index < -0.39 is 16.9 Å². The van der Waals surface area contributed by atoms with Crippen molar-refractivity contribution >= 4 is 11.9 Å². The molecule has 0 aliphatic carbocycles. The molecule has 1 rings (SSSR count). The number of rotatable bonds is 5. The highest BCUT2D eigenvalue weighted by molar-refractivity contribution is 5.95. The van der Waals surface area contributed by atoms with E-state index in [1.165, 1.54) is 0 Å². The fourth-order valence-electron chi connectivity index (χ4n) is 1.54. The van der Waals surface area contributed by atoms with E-state index in [0.717, 1.165) is 0 Å². The summed E-state index contributed by atoms with van der Waals surface area (Å²) < 4.78 is 0. The lowest BCUT2D eigenvalue weighted by atomic mass is 9.74. The van der Waals surface area contributed by atoms with Crippen LogP contribution in [0, 0.1) is 5.41 Å². The maximum absolute atomic E-state index is 12.2. The summed E-state index contributed by atoms with van der Waals surface area (Å²) >= 11 is 0. The van der Waals surface area contributed by atoms with Crippen LogP contribution in [-0.4, -0.2) is 27.6 Å². The Morgan fingerprint density at radius 3 is 2.00 bits per heavy atom. The number of benzene rings is 1. The van der Waals surface area contributed by atoms with Crippen LogP contribution in [0.5, 0.6) is 0 Å². The van der Waals surface area contributed by atoms with Gasteiger partial charge in [0, 0.05) is 5.56 Å². The SMILES string of the molecule is CC(C)(NC(=O)c1ccc(CO)cc1)C(C)(C)C(=O)O. The molecular formula is C15H21NO4. The molecular weight excluding hydrogens is 258 g/mol. The van der Waals surface area contributed by atoms with Crippen molar-refractivity contribution in [2.24, 2.45) is 5.41 Å². The summed E-state index contributed by atoms with van der Waals surface area (Å²) in [6.07, 6.45) is 0. The molecule has 0 unspecified atom stereocenters. The number of aliphatic carboxylic acids is 1. The number of carboxylic acid groups (broad SMARTS) is 1. The van der Waals surface area contributed by atoms with E-state index in [-0.39, 0.29) is 12.5 Å². The zero-order chi connectivity index (χ0) is 15.6. The van der Waals surface area contributed by atoms with Crippen LogP contribution in [0.4, 0.5) is 0 Å². The number of hydrogen-bond acceptors (Lipinski definition) is 3. The number of carboxylic acids is 1. The van der Waals surface area contributed by atoms with Gasteiger partial charge >= 0.3 is 5.97 Å². The lowest BCUT2D eigenvalue weighted by Gasteiger charge is -2.38. The van der Waals surface area contributed by atoms with Gasteiger partial charge in [0.1, 0.15) is 0 Å².